The Morgan fingerprint density at radius 3 is 2.62 bits per heavy atom. The molecule has 2 nitrogen and oxygen atoms in total. The van der Waals surface area contributed by atoms with Gasteiger partial charge in [0.25, 0.3) is 0 Å². The maximum absolute atomic E-state index is 10.6. The predicted molar refractivity (Wildman–Crippen MR) is 50.1 cm³/mol. The van der Waals surface area contributed by atoms with Crippen LogP contribution in [0.25, 0.3) is 0 Å². The third-order valence-corrected chi connectivity index (χ3v) is 2.53. The van der Waals surface area contributed by atoms with E-state index in [1.807, 2.05) is 13.0 Å². The van der Waals surface area contributed by atoms with Crippen molar-refractivity contribution in [1.82, 2.24) is 0 Å². The van der Waals surface area contributed by atoms with Gasteiger partial charge in [-0.2, -0.15) is 0 Å². The van der Waals surface area contributed by atoms with Gasteiger partial charge in [0.1, 0.15) is 0 Å². The van der Waals surface area contributed by atoms with E-state index in [4.69, 9.17) is 5.11 Å². The van der Waals surface area contributed by atoms with Crippen LogP contribution in [0, 0.1) is 6.92 Å². The summed E-state index contributed by atoms with van der Waals surface area (Å²) in [6.07, 6.45) is 2.51. The maximum atomic E-state index is 10.6. The zero-order chi connectivity index (χ0) is 9.42. The summed E-state index contributed by atoms with van der Waals surface area (Å²) in [6, 6.07) is 5.41. The fraction of sp³-hybridized carbons (Fsp3) is 0.364. The molecule has 1 aliphatic carbocycles. The molecule has 0 unspecified atom stereocenters. The minimum Gasteiger partial charge on any atom is -0.478 e. The summed E-state index contributed by atoms with van der Waals surface area (Å²) in [5, 5.41) is 8.75. The van der Waals surface area contributed by atoms with Gasteiger partial charge in [0, 0.05) is 0 Å². The quantitative estimate of drug-likeness (QED) is 0.751. The zero-order valence-electron chi connectivity index (χ0n) is 7.58. The number of carbonyl (C=O) groups is 1. The number of carboxylic acids is 1. The van der Waals surface area contributed by atoms with Crippen LogP contribution in [0.2, 0.25) is 0 Å². The third kappa shape index (κ3) is 1.57. The van der Waals surface area contributed by atoms with E-state index in [0.717, 1.165) is 5.56 Å². The summed E-state index contributed by atoms with van der Waals surface area (Å²) in [7, 11) is 0. The van der Waals surface area contributed by atoms with Crippen molar-refractivity contribution < 1.29 is 9.90 Å². The number of aromatic carboxylic acids is 1. The summed E-state index contributed by atoms with van der Waals surface area (Å²) < 4.78 is 0. The lowest BCUT2D eigenvalue weighted by atomic mass is 10.0. The van der Waals surface area contributed by atoms with Crippen LogP contribution >= 0.6 is 0 Å². The molecule has 0 bridgehead atoms. The fourth-order valence-electron chi connectivity index (χ4n) is 1.66. The van der Waals surface area contributed by atoms with Crippen molar-refractivity contribution in [3.05, 3.63) is 34.9 Å². The van der Waals surface area contributed by atoms with Crippen molar-refractivity contribution in [3.63, 3.8) is 0 Å². The monoisotopic (exact) mass is 176 g/mol. The normalized spacial score (nSPS) is 15.8. The second-order valence-electron chi connectivity index (χ2n) is 3.65. The maximum Gasteiger partial charge on any atom is 0.335 e. The first-order valence-electron chi connectivity index (χ1n) is 4.52. The average Bonchev–Trinajstić information content (AvgIpc) is 2.87. The van der Waals surface area contributed by atoms with E-state index in [1.54, 1.807) is 12.1 Å². The molecule has 0 aromatic heterocycles. The largest absolute Gasteiger partial charge is 0.478 e. The van der Waals surface area contributed by atoms with E-state index < -0.39 is 5.97 Å². The molecule has 0 spiro atoms. The van der Waals surface area contributed by atoms with Gasteiger partial charge < -0.3 is 5.11 Å². The first-order chi connectivity index (χ1) is 6.18. The van der Waals surface area contributed by atoms with Crippen molar-refractivity contribution in [2.45, 2.75) is 25.7 Å². The number of aryl methyl sites for hydroxylation is 1. The van der Waals surface area contributed by atoms with Gasteiger partial charge in [-0.15, -0.1) is 0 Å². The smallest absolute Gasteiger partial charge is 0.335 e. The van der Waals surface area contributed by atoms with E-state index >= 15 is 0 Å². The molecule has 1 fully saturated rings. The van der Waals surface area contributed by atoms with Gasteiger partial charge in [-0.25, -0.2) is 4.79 Å². The number of carboxylic acid groups (broad SMARTS) is 1. The topological polar surface area (TPSA) is 37.3 Å². The fourth-order valence-corrected chi connectivity index (χ4v) is 1.66. The molecule has 13 heavy (non-hydrogen) atoms. The Kier molecular flexibility index (Phi) is 1.83. The van der Waals surface area contributed by atoms with E-state index in [9.17, 15) is 4.79 Å². The molecular formula is C11H12O2. The van der Waals surface area contributed by atoms with Crippen LogP contribution in [0.5, 0.6) is 0 Å². The summed E-state index contributed by atoms with van der Waals surface area (Å²) in [4.78, 5) is 10.6. The van der Waals surface area contributed by atoms with E-state index in [2.05, 4.69) is 0 Å². The number of benzene rings is 1. The molecule has 1 aliphatic rings. The molecule has 0 radical (unpaired) electrons. The lowest BCUT2D eigenvalue weighted by molar-refractivity contribution is 0.0697. The van der Waals surface area contributed by atoms with Gasteiger partial charge in [-0.05, 0) is 48.9 Å². The number of rotatable bonds is 2. The zero-order valence-corrected chi connectivity index (χ0v) is 7.58. The molecule has 1 aromatic carbocycles. The first kappa shape index (κ1) is 8.30. The second-order valence-corrected chi connectivity index (χ2v) is 3.65. The van der Waals surface area contributed by atoms with Crippen molar-refractivity contribution in [3.8, 4) is 0 Å². The number of hydrogen-bond donors (Lipinski definition) is 1. The van der Waals surface area contributed by atoms with Gasteiger partial charge in [-0.1, -0.05) is 6.07 Å². The summed E-state index contributed by atoms with van der Waals surface area (Å²) in [6.45, 7) is 1.99. The van der Waals surface area contributed by atoms with Gasteiger partial charge >= 0.3 is 5.97 Å². The molecular weight excluding hydrogens is 164 g/mol. The van der Waals surface area contributed by atoms with Gasteiger partial charge in [0.15, 0.2) is 0 Å². The Morgan fingerprint density at radius 2 is 2.15 bits per heavy atom. The Hall–Kier alpha value is -1.31. The van der Waals surface area contributed by atoms with Crippen LogP contribution in [-0.4, -0.2) is 11.1 Å². The minimum atomic E-state index is -0.842. The molecule has 2 heteroatoms. The van der Waals surface area contributed by atoms with Crippen LogP contribution in [0.3, 0.4) is 0 Å². The van der Waals surface area contributed by atoms with Crippen LogP contribution < -0.4 is 0 Å². The minimum absolute atomic E-state index is 0.391. The summed E-state index contributed by atoms with van der Waals surface area (Å²) in [5.74, 6) is -0.145. The van der Waals surface area contributed by atoms with Crippen molar-refractivity contribution in [1.29, 1.82) is 0 Å². The molecule has 1 saturated carbocycles. The summed E-state index contributed by atoms with van der Waals surface area (Å²) in [5.41, 5.74) is 2.83. The average molecular weight is 176 g/mol. The molecule has 1 aromatic rings. The molecule has 0 heterocycles. The van der Waals surface area contributed by atoms with Crippen LogP contribution in [0.4, 0.5) is 0 Å². The molecule has 0 aliphatic heterocycles. The standard InChI is InChI=1S/C11H12O2/c1-7-6-9(11(12)13)4-5-10(7)8-2-3-8/h4-6,8H,2-3H2,1H3,(H,12,13). The Morgan fingerprint density at radius 1 is 1.46 bits per heavy atom. The van der Waals surface area contributed by atoms with E-state index in [1.165, 1.54) is 18.4 Å². The van der Waals surface area contributed by atoms with Crippen LogP contribution in [0.1, 0.15) is 40.2 Å². The lowest BCUT2D eigenvalue weighted by Crippen LogP contribution is -1.97. The lowest BCUT2D eigenvalue weighted by Gasteiger charge is -2.04. The Bertz CT molecular complexity index is 351. The van der Waals surface area contributed by atoms with Crippen LogP contribution in [0.15, 0.2) is 18.2 Å². The molecule has 0 atom stereocenters. The highest BCUT2D eigenvalue weighted by atomic mass is 16.4. The second kappa shape index (κ2) is 2.87. The Balaban J connectivity index is 2.36. The van der Waals surface area contributed by atoms with Gasteiger partial charge in [-0.3, -0.25) is 0 Å². The Labute approximate surface area is 77.2 Å². The van der Waals surface area contributed by atoms with Crippen molar-refractivity contribution in [2.75, 3.05) is 0 Å². The molecule has 2 rings (SSSR count). The highest BCUT2D eigenvalue weighted by molar-refractivity contribution is 5.87. The summed E-state index contributed by atoms with van der Waals surface area (Å²) >= 11 is 0. The van der Waals surface area contributed by atoms with E-state index in [-0.39, 0.29) is 0 Å². The van der Waals surface area contributed by atoms with Crippen molar-refractivity contribution >= 4 is 5.97 Å². The molecule has 0 saturated heterocycles. The van der Waals surface area contributed by atoms with Gasteiger partial charge in [0.05, 0.1) is 5.56 Å². The van der Waals surface area contributed by atoms with Crippen LogP contribution in [-0.2, 0) is 0 Å². The highest BCUT2D eigenvalue weighted by Gasteiger charge is 2.25. The predicted octanol–water partition coefficient (Wildman–Crippen LogP) is 2.57. The first-order valence-corrected chi connectivity index (χ1v) is 4.52. The SMILES string of the molecule is Cc1cc(C(=O)O)ccc1C1CC1. The molecule has 0 amide bonds. The third-order valence-electron chi connectivity index (χ3n) is 2.53. The van der Waals surface area contributed by atoms with Gasteiger partial charge in [0.2, 0.25) is 0 Å². The number of hydrogen-bond acceptors (Lipinski definition) is 1. The molecule has 1 N–H and O–H groups in total. The highest BCUT2D eigenvalue weighted by Crippen LogP contribution is 2.41. The van der Waals surface area contributed by atoms with Crippen molar-refractivity contribution in [2.24, 2.45) is 0 Å². The van der Waals surface area contributed by atoms with E-state index in [0.29, 0.717) is 11.5 Å². The molecule has 68 valence electrons.